The molecule has 0 aromatic carbocycles. The van der Waals surface area contributed by atoms with Crippen molar-refractivity contribution in [3.8, 4) is 0 Å². The second kappa shape index (κ2) is 5.14. The van der Waals surface area contributed by atoms with Gasteiger partial charge in [-0.3, -0.25) is 4.90 Å². The minimum atomic E-state index is -4.13. The van der Waals surface area contributed by atoms with E-state index in [4.69, 9.17) is 5.73 Å². The highest BCUT2D eigenvalue weighted by atomic mass is 19.4. The molecule has 0 spiro atoms. The second-order valence-electron chi connectivity index (χ2n) is 5.27. The molecule has 17 heavy (non-hydrogen) atoms. The summed E-state index contributed by atoms with van der Waals surface area (Å²) in [7, 11) is 0. The minimum Gasteiger partial charge on any atom is -0.330 e. The first kappa shape index (κ1) is 13.1. The van der Waals surface area contributed by atoms with Gasteiger partial charge in [-0.05, 0) is 44.7 Å². The van der Waals surface area contributed by atoms with Crippen molar-refractivity contribution in [1.29, 1.82) is 0 Å². The van der Waals surface area contributed by atoms with Crippen molar-refractivity contribution in [2.24, 2.45) is 11.7 Å². The van der Waals surface area contributed by atoms with Crippen LogP contribution >= 0.6 is 0 Å². The van der Waals surface area contributed by atoms with Crippen LogP contribution in [0, 0.1) is 5.92 Å². The van der Waals surface area contributed by atoms with E-state index in [9.17, 15) is 13.2 Å². The number of nitrogens with two attached hydrogens (primary N) is 1. The third kappa shape index (κ3) is 2.76. The van der Waals surface area contributed by atoms with Crippen LogP contribution in [0.4, 0.5) is 13.2 Å². The van der Waals surface area contributed by atoms with E-state index in [1.54, 1.807) is 4.90 Å². The van der Waals surface area contributed by atoms with Gasteiger partial charge in [0, 0.05) is 6.04 Å². The first-order valence-corrected chi connectivity index (χ1v) is 6.56. The summed E-state index contributed by atoms with van der Waals surface area (Å²) in [5.41, 5.74) is 5.34. The van der Waals surface area contributed by atoms with Crippen LogP contribution in [0.3, 0.4) is 0 Å². The van der Waals surface area contributed by atoms with E-state index in [0.717, 1.165) is 25.7 Å². The topological polar surface area (TPSA) is 29.3 Å². The Hall–Kier alpha value is -0.290. The van der Waals surface area contributed by atoms with E-state index in [2.05, 4.69) is 0 Å². The van der Waals surface area contributed by atoms with Gasteiger partial charge in [-0.1, -0.05) is 12.8 Å². The van der Waals surface area contributed by atoms with Gasteiger partial charge in [0.1, 0.15) is 6.04 Å². The molecule has 3 atom stereocenters. The van der Waals surface area contributed by atoms with Gasteiger partial charge in [0.2, 0.25) is 0 Å². The highest BCUT2D eigenvalue weighted by Crippen LogP contribution is 2.40. The Kier molecular flexibility index (Phi) is 3.98. The monoisotopic (exact) mass is 250 g/mol. The molecule has 5 heteroatoms. The molecule has 1 saturated carbocycles. The summed E-state index contributed by atoms with van der Waals surface area (Å²) >= 11 is 0. The van der Waals surface area contributed by atoms with Gasteiger partial charge in [0.25, 0.3) is 0 Å². The number of hydrogen-bond acceptors (Lipinski definition) is 2. The van der Waals surface area contributed by atoms with Crippen molar-refractivity contribution in [3.63, 3.8) is 0 Å². The first-order chi connectivity index (χ1) is 8.04. The van der Waals surface area contributed by atoms with Crippen molar-refractivity contribution in [2.75, 3.05) is 13.1 Å². The summed E-state index contributed by atoms with van der Waals surface area (Å²) in [6.45, 7) is 0.706. The maximum atomic E-state index is 13.0. The molecule has 2 fully saturated rings. The smallest absolute Gasteiger partial charge is 0.330 e. The maximum Gasteiger partial charge on any atom is 0.404 e. The molecule has 2 N–H and O–H groups in total. The normalized spacial score (nSPS) is 32.5. The van der Waals surface area contributed by atoms with Crippen LogP contribution in [0.5, 0.6) is 0 Å². The standard InChI is InChI=1S/C12H21F3N2/c13-12(14,15)11(5-7-16)17-8-6-9-3-1-2-4-10(9)17/h9-11H,1-8,16H2. The van der Waals surface area contributed by atoms with Gasteiger partial charge in [-0.15, -0.1) is 0 Å². The number of halogens is 3. The van der Waals surface area contributed by atoms with Gasteiger partial charge in [-0.2, -0.15) is 13.2 Å². The highest BCUT2D eigenvalue weighted by molar-refractivity contribution is 4.95. The SMILES string of the molecule is NCCC(N1CCC2CCCCC21)C(F)(F)F. The molecule has 1 heterocycles. The van der Waals surface area contributed by atoms with E-state index in [0.29, 0.717) is 12.5 Å². The molecule has 3 unspecified atom stereocenters. The summed E-state index contributed by atoms with van der Waals surface area (Å²) in [5.74, 6) is 0.492. The summed E-state index contributed by atoms with van der Waals surface area (Å²) in [6.07, 6.45) is 1.13. The molecule has 0 bridgehead atoms. The predicted molar refractivity (Wildman–Crippen MR) is 60.6 cm³/mol. The Morgan fingerprint density at radius 3 is 2.53 bits per heavy atom. The van der Waals surface area contributed by atoms with Crippen molar-refractivity contribution in [1.82, 2.24) is 4.90 Å². The lowest BCUT2D eigenvalue weighted by Crippen LogP contribution is -2.50. The van der Waals surface area contributed by atoms with Crippen molar-refractivity contribution in [3.05, 3.63) is 0 Å². The molecule has 0 radical (unpaired) electrons. The average Bonchev–Trinajstić information content (AvgIpc) is 2.68. The van der Waals surface area contributed by atoms with Crippen LogP contribution < -0.4 is 5.73 Å². The van der Waals surface area contributed by atoms with Crippen LogP contribution in [0.15, 0.2) is 0 Å². The predicted octanol–water partition coefficient (Wildman–Crippen LogP) is 2.53. The van der Waals surface area contributed by atoms with Crippen LogP contribution in [0.1, 0.15) is 38.5 Å². The fourth-order valence-corrected chi connectivity index (χ4v) is 3.50. The fourth-order valence-electron chi connectivity index (χ4n) is 3.50. The molecule has 2 aliphatic rings. The Morgan fingerprint density at radius 1 is 1.18 bits per heavy atom. The molecule has 2 nitrogen and oxygen atoms in total. The quantitative estimate of drug-likeness (QED) is 0.834. The minimum absolute atomic E-state index is 0.0344. The van der Waals surface area contributed by atoms with Crippen LogP contribution in [-0.4, -0.2) is 36.2 Å². The number of hydrogen-bond donors (Lipinski definition) is 1. The molecule has 2 rings (SSSR count). The number of likely N-dealkylation sites (tertiary alicyclic amines) is 1. The third-order valence-electron chi connectivity index (χ3n) is 4.27. The molecule has 1 aliphatic heterocycles. The Morgan fingerprint density at radius 2 is 1.88 bits per heavy atom. The van der Waals surface area contributed by atoms with Crippen molar-refractivity contribution >= 4 is 0 Å². The van der Waals surface area contributed by atoms with Gasteiger partial charge >= 0.3 is 6.18 Å². The summed E-state index contributed by atoms with van der Waals surface area (Å²) in [4.78, 5) is 1.69. The lowest BCUT2D eigenvalue weighted by Gasteiger charge is -2.37. The van der Waals surface area contributed by atoms with E-state index >= 15 is 0 Å². The average molecular weight is 250 g/mol. The molecular formula is C12H21F3N2. The van der Waals surface area contributed by atoms with Crippen LogP contribution in [-0.2, 0) is 0 Å². The van der Waals surface area contributed by atoms with Gasteiger partial charge < -0.3 is 5.73 Å². The van der Waals surface area contributed by atoms with Gasteiger partial charge in [0.15, 0.2) is 0 Å². The Balaban J connectivity index is 2.08. The molecule has 1 aliphatic carbocycles. The lowest BCUT2D eigenvalue weighted by atomic mass is 9.85. The molecule has 0 amide bonds. The highest BCUT2D eigenvalue weighted by Gasteiger charge is 2.48. The summed E-state index contributed by atoms with van der Waals surface area (Å²) < 4.78 is 39.1. The zero-order valence-electron chi connectivity index (χ0n) is 10.0. The fraction of sp³-hybridized carbons (Fsp3) is 1.00. The molecule has 1 saturated heterocycles. The van der Waals surface area contributed by atoms with Crippen LogP contribution in [0.25, 0.3) is 0 Å². The van der Waals surface area contributed by atoms with Crippen molar-refractivity contribution in [2.45, 2.75) is 56.8 Å². The van der Waals surface area contributed by atoms with E-state index in [-0.39, 0.29) is 19.0 Å². The first-order valence-electron chi connectivity index (χ1n) is 6.56. The van der Waals surface area contributed by atoms with Gasteiger partial charge in [0.05, 0.1) is 0 Å². The Labute approximate surface area is 100 Å². The lowest BCUT2D eigenvalue weighted by molar-refractivity contribution is -0.188. The molecule has 0 aromatic rings. The van der Waals surface area contributed by atoms with E-state index in [1.807, 2.05) is 0 Å². The largest absolute Gasteiger partial charge is 0.404 e. The van der Waals surface area contributed by atoms with E-state index < -0.39 is 12.2 Å². The molecular weight excluding hydrogens is 229 g/mol. The maximum absolute atomic E-state index is 13.0. The molecule has 100 valence electrons. The Bertz CT molecular complexity index is 255. The number of fused-ring (bicyclic) bond motifs is 1. The van der Waals surface area contributed by atoms with Gasteiger partial charge in [-0.25, -0.2) is 0 Å². The number of alkyl halides is 3. The summed E-state index contributed by atoms with van der Waals surface area (Å²) in [5, 5.41) is 0. The third-order valence-corrected chi connectivity index (χ3v) is 4.27. The zero-order valence-corrected chi connectivity index (χ0v) is 10.0. The second-order valence-corrected chi connectivity index (χ2v) is 5.27. The molecule has 0 aromatic heterocycles. The van der Waals surface area contributed by atoms with Crippen molar-refractivity contribution < 1.29 is 13.2 Å². The van der Waals surface area contributed by atoms with E-state index in [1.165, 1.54) is 6.42 Å². The number of nitrogens with zero attached hydrogens (tertiary/aromatic N) is 1. The summed E-state index contributed by atoms with van der Waals surface area (Å²) in [6, 6.07) is -1.16. The van der Waals surface area contributed by atoms with Crippen LogP contribution in [0.2, 0.25) is 0 Å². The zero-order chi connectivity index (χ0) is 12.5. The number of rotatable bonds is 3.